The molecule has 2 rings (SSSR count). The van der Waals surface area contributed by atoms with Gasteiger partial charge in [0.1, 0.15) is 5.58 Å². The zero-order valence-electron chi connectivity index (χ0n) is 11.7. The number of carbonyl (C=O) groups is 2. The number of benzene rings is 1. The Balaban J connectivity index is 2.11. The van der Waals surface area contributed by atoms with Crippen LogP contribution in [0, 0.1) is 6.92 Å². The largest absolute Gasteiger partial charge is 0.451 e. The fraction of sp³-hybridized carbons (Fsp3) is 0.200. The Bertz CT molecular complexity index is 719. The minimum Gasteiger partial charge on any atom is -0.451 e. The summed E-state index contributed by atoms with van der Waals surface area (Å²) < 4.78 is 5.54. The molecule has 0 spiro atoms. The Hall–Kier alpha value is -2.27. The second-order valence-corrected chi connectivity index (χ2v) is 4.86. The van der Waals surface area contributed by atoms with E-state index in [0.717, 1.165) is 10.9 Å². The maximum atomic E-state index is 12.1. The maximum absolute atomic E-state index is 12.1. The van der Waals surface area contributed by atoms with Crippen LogP contribution in [-0.4, -0.2) is 25.4 Å². The van der Waals surface area contributed by atoms with E-state index in [9.17, 15) is 9.59 Å². The molecule has 0 aliphatic heterocycles. The van der Waals surface area contributed by atoms with Crippen molar-refractivity contribution in [1.29, 1.82) is 0 Å². The number of aryl methyl sites for hydroxylation is 1. The van der Waals surface area contributed by atoms with Crippen molar-refractivity contribution in [3.8, 4) is 0 Å². The SMILES string of the molecule is CNC(=O)/C=C/CNC(=O)c1oc2ccc(Cl)cc2c1C. The van der Waals surface area contributed by atoms with Gasteiger partial charge in [-0.15, -0.1) is 0 Å². The number of fused-ring (bicyclic) bond motifs is 1. The number of furan rings is 1. The van der Waals surface area contributed by atoms with E-state index in [1.54, 1.807) is 31.2 Å². The predicted octanol–water partition coefficient (Wildman–Crippen LogP) is 2.43. The van der Waals surface area contributed by atoms with E-state index in [1.807, 2.05) is 0 Å². The Morgan fingerprint density at radius 3 is 2.86 bits per heavy atom. The molecular weight excluding hydrogens is 292 g/mol. The molecule has 0 aliphatic rings. The molecular formula is C15H15ClN2O3. The van der Waals surface area contributed by atoms with Gasteiger partial charge in [0.05, 0.1) is 0 Å². The third-order valence-corrected chi connectivity index (χ3v) is 3.24. The monoisotopic (exact) mass is 306 g/mol. The smallest absolute Gasteiger partial charge is 0.287 e. The summed E-state index contributed by atoms with van der Waals surface area (Å²) in [6.07, 6.45) is 2.91. The Morgan fingerprint density at radius 1 is 1.38 bits per heavy atom. The van der Waals surface area contributed by atoms with Crippen molar-refractivity contribution in [3.05, 3.63) is 46.7 Å². The third-order valence-electron chi connectivity index (χ3n) is 3.00. The zero-order chi connectivity index (χ0) is 15.4. The van der Waals surface area contributed by atoms with E-state index in [-0.39, 0.29) is 24.1 Å². The summed E-state index contributed by atoms with van der Waals surface area (Å²) in [6, 6.07) is 5.20. The van der Waals surface area contributed by atoms with E-state index >= 15 is 0 Å². The molecule has 2 aromatic rings. The van der Waals surface area contributed by atoms with Crippen molar-refractivity contribution in [3.63, 3.8) is 0 Å². The van der Waals surface area contributed by atoms with Crippen LogP contribution in [0.4, 0.5) is 0 Å². The highest BCUT2D eigenvalue weighted by Crippen LogP contribution is 2.27. The average Bonchev–Trinajstić information content (AvgIpc) is 2.80. The van der Waals surface area contributed by atoms with Crippen LogP contribution < -0.4 is 10.6 Å². The van der Waals surface area contributed by atoms with Crippen LogP contribution in [-0.2, 0) is 4.79 Å². The number of halogens is 1. The van der Waals surface area contributed by atoms with Gasteiger partial charge in [-0.3, -0.25) is 9.59 Å². The molecule has 1 aromatic heterocycles. The van der Waals surface area contributed by atoms with Gasteiger partial charge in [0, 0.05) is 35.6 Å². The molecule has 2 N–H and O–H groups in total. The molecule has 1 heterocycles. The topological polar surface area (TPSA) is 71.3 Å². The van der Waals surface area contributed by atoms with Gasteiger partial charge in [-0.1, -0.05) is 17.7 Å². The molecule has 0 radical (unpaired) electrons. The van der Waals surface area contributed by atoms with Crippen LogP contribution in [0.3, 0.4) is 0 Å². The van der Waals surface area contributed by atoms with E-state index in [4.69, 9.17) is 16.0 Å². The van der Waals surface area contributed by atoms with Crippen LogP contribution in [0.15, 0.2) is 34.8 Å². The molecule has 110 valence electrons. The van der Waals surface area contributed by atoms with Crippen molar-refractivity contribution in [2.45, 2.75) is 6.92 Å². The fourth-order valence-electron chi connectivity index (χ4n) is 1.89. The minimum atomic E-state index is -0.332. The number of hydrogen-bond donors (Lipinski definition) is 2. The molecule has 0 saturated heterocycles. The second-order valence-electron chi connectivity index (χ2n) is 4.42. The van der Waals surface area contributed by atoms with Crippen molar-refractivity contribution in [2.24, 2.45) is 0 Å². The molecule has 0 bridgehead atoms. The number of amides is 2. The Morgan fingerprint density at radius 2 is 2.14 bits per heavy atom. The standard InChI is InChI=1S/C15H15ClN2O3/c1-9-11-8-10(16)5-6-12(11)21-14(9)15(20)18-7-3-4-13(19)17-2/h3-6,8H,7H2,1-2H3,(H,17,19)(H,18,20)/b4-3+. The first-order chi connectivity index (χ1) is 10.0. The maximum Gasteiger partial charge on any atom is 0.287 e. The van der Waals surface area contributed by atoms with Crippen molar-refractivity contribution >= 4 is 34.4 Å². The van der Waals surface area contributed by atoms with Crippen molar-refractivity contribution in [1.82, 2.24) is 10.6 Å². The third kappa shape index (κ3) is 3.44. The quantitative estimate of drug-likeness (QED) is 0.852. The number of carbonyl (C=O) groups excluding carboxylic acids is 2. The van der Waals surface area contributed by atoms with Crippen LogP contribution in [0.25, 0.3) is 11.0 Å². The van der Waals surface area contributed by atoms with Crippen molar-refractivity contribution < 1.29 is 14.0 Å². The second kappa shape index (κ2) is 6.45. The summed E-state index contributed by atoms with van der Waals surface area (Å²) in [5.74, 6) is -0.305. The van der Waals surface area contributed by atoms with Gasteiger partial charge in [-0.2, -0.15) is 0 Å². The van der Waals surface area contributed by atoms with E-state index in [1.165, 1.54) is 13.1 Å². The summed E-state index contributed by atoms with van der Waals surface area (Å²) in [4.78, 5) is 23.1. The number of rotatable bonds is 4. The predicted molar refractivity (Wildman–Crippen MR) is 81.5 cm³/mol. The van der Waals surface area contributed by atoms with Crippen LogP contribution in [0.5, 0.6) is 0 Å². The average molecular weight is 307 g/mol. The molecule has 0 fully saturated rings. The normalized spacial score (nSPS) is 11.0. The highest BCUT2D eigenvalue weighted by atomic mass is 35.5. The molecule has 0 saturated carbocycles. The van der Waals surface area contributed by atoms with Gasteiger partial charge in [0.2, 0.25) is 5.91 Å². The van der Waals surface area contributed by atoms with Gasteiger partial charge < -0.3 is 15.1 Å². The lowest BCUT2D eigenvalue weighted by molar-refractivity contribution is -0.116. The number of hydrogen-bond acceptors (Lipinski definition) is 3. The van der Waals surface area contributed by atoms with Crippen LogP contribution >= 0.6 is 11.6 Å². The van der Waals surface area contributed by atoms with E-state index in [2.05, 4.69) is 10.6 Å². The summed E-state index contributed by atoms with van der Waals surface area (Å²) in [5, 5.41) is 6.51. The molecule has 21 heavy (non-hydrogen) atoms. The lowest BCUT2D eigenvalue weighted by Crippen LogP contribution is -2.24. The first kappa shape index (κ1) is 15.1. The molecule has 5 nitrogen and oxygen atoms in total. The summed E-state index contributed by atoms with van der Waals surface area (Å²) in [7, 11) is 1.54. The number of likely N-dealkylation sites (N-methyl/N-ethyl adjacent to an activating group) is 1. The highest BCUT2D eigenvalue weighted by Gasteiger charge is 2.17. The lowest BCUT2D eigenvalue weighted by atomic mass is 10.1. The first-order valence-electron chi connectivity index (χ1n) is 6.38. The van der Waals surface area contributed by atoms with Gasteiger partial charge in [-0.05, 0) is 25.1 Å². The summed E-state index contributed by atoms with van der Waals surface area (Å²) >= 11 is 5.94. The zero-order valence-corrected chi connectivity index (χ0v) is 12.5. The van der Waals surface area contributed by atoms with Gasteiger partial charge in [0.15, 0.2) is 5.76 Å². The fourth-order valence-corrected chi connectivity index (χ4v) is 2.06. The minimum absolute atomic E-state index is 0.223. The molecule has 6 heteroatoms. The Labute approximate surface area is 126 Å². The summed E-state index contributed by atoms with van der Waals surface area (Å²) in [5.41, 5.74) is 1.35. The molecule has 2 amide bonds. The Kier molecular flexibility index (Phi) is 4.65. The van der Waals surface area contributed by atoms with Gasteiger partial charge in [0.25, 0.3) is 5.91 Å². The van der Waals surface area contributed by atoms with Gasteiger partial charge in [-0.25, -0.2) is 0 Å². The summed E-state index contributed by atoms with van der Waals surface area (Å²) in [6.45, 7) is 2.04. The van der Waals surface area contributed by atoms with Crippen molar-refractivity contribution in [2.75, 3.05) is 13.6 Å². The molecule has 0 unspecified atom stereocenters. The molecule has 1 aromatic carbocycles. The van der Waals surface area contributed by atoms with Crippen LogP contribution in [0.2, 0.25) is 5.02 Å². The highest BCUT2D eigenvalue weighted by molar-refractivity contribution is 6.31. The first-order valence-corrected chi connectivity index (χ1v) is 6.76. The van der Waals surface area contributed by atoms with Gasteiger partial charge >= 0.3 is 0 Å². The molecule has 0 aliphatic carbocycles. The van der Waals surface area contributed by atoms with E-state index < -0.39 is 0 Å². The van der Waals surface area contributed by atoms with E-state index in [0.29, 0.717) is 10.6 Å². The van der Waals surface area contributed by atoms with Crippen LogP contribution in [0.1, 0.15) is 16.1 Å². The number of nitrogens with one attached hydrogen (secondary N) is 2. The lowest BCUT2D eigenvalue weighted by Gasteiger charge is -1.99. The molecule has 0 atom stereocenters.